The van der Waals surface area contributed by atoms with Crippen molar-refractivity contribution in [2.45, 2.75) is 71.8 Å². The van der Waals surface area contributed by atoms with E-state index in [2.05, 4.69) is 37.1 Å². The smallest absolute Gasteiger partial charge is 0.407 e. The van der Waals surface area contributed by atoms with Gasteiger partial charge in [0.25, 0.3) is 0 Å². The molecular formula is C24H33N3O2. The third-order valence-corrected chi connectivity index (χ3v) is 8.87. The van der Waals surface area contributed by atoms with Crippen molar-refractivity contribution in [1.82, 2.24) is 15.3 Å². The number of alkyl carbamates (subject to hydrolysis) is 1. The number of nitrogens with zero attached hydrogens (tertiary/aromatic N) is 2. The predicted molar refractivity (Wildman–Crippen MR) is 112 cm³/mol. The van der Waals surface area contributed by atoms with Crippen LogP contribution in [0.3, 0.4) is 0 Å². The van der Waals surface area contributed by atoms with Gasteiger partial charge >= 0.3 is 6.09 Å². The minimum absolute atomic E-state index is 0.0662. The molecule has 5 rings (SSSR count). The zero-order valence-electron chi connectivity index (χ0n) is 17.9. The lowest BCUT2D eigenvalue weighted by atomic mass is 9.48. The number of hydrogen-bond acceptors (Lipinski definition) is 4. The molecule has 0 bridgehead atoms. The molecule has 1 aromatic heterocycles. The number of fused-ring (bicyclic) bond motifs is 5. The molecule has 29 heavy (non-hydrogen) atoms. The largest absolute Gasteiger partial charge is 0.446 e. The summed E-state index contributed by atoms with van der Waals surface area (Å²) in [7, 11) is 0. The molecule has 1 aliphatic heterocycles. The lowest BCUT2D eigenvalue weighted by Crippen LogP contribution is -2.54. The molecule has 2 saturated carbocycles. The van der Waals surface area contributed by atoms with Crippen LogP contribution in [0.25, 0.3) is 5.57 Å². The SMILES string of the molecule is CCc1cncc(C2=CC[C@H]3[C@@H]4CCC5OC(=O)NCC[C@]5(C)[C@H]4CC[C@]23C)n1. The Morgan fingerprint density at radius 1 is 1.17 bits per heavy atom. The second-order valence-electron chi connectivity index (χ2n) is 10.1. The second-order valence-corrected chi connectivity index (χ2v) is 10.1. The second kappa shape index (κ2) is 6.82. The number of carbonyl (C=O) groups is 1. The van der Waals surface area contributed by atoms with Gasteiger partial charge in [0.2, 0.25) is 0 Å². The van der Waals surface area contributed by atoms with Gasteiger partial charge in [-0.2, -0.15) is 0 Å². The molecular weight excluding hydrogens is 362 g/mol. The topological polar surface area (TPSA) is 64.1 Å². The molecule has 2 heterocycles. The lowest BCUT2D eigenvalue weighted by Gasteiger charge is -2.57. The van der Waals surface area contributed by atoms with Gasteiger partial charge in [-0.15, -0.1) is 0 Å². The third-order valence-electron chi connectivity index (χ3n) is 8.87. The molecule has 0 spiro atoms. The van der Waals surface area contributed by atoms with Gasteiger partial charge in [0, 0.05) is 18.2 Å². The van der Waals surface area contributed by atoms with E-state index in [1.54, 1.807) is 0 Å². The Morgan fingerprint density at radius 2 is 2.03 bits per heavy atom. The maximum atomic E-state index is 12.0. The summed E-state index contributed by atoms with van der Waals surface area (Å²) in [5, 5.41) is 2.93. The van der Waals surface area contributed by atoms with E-state index in [1.165, 1.54) is 24.8 Å². The highest BCUT2D eigenvalue weighted by Crippen LogP contribution is 2.65. The van der Waals surface area contributed by atoms with Crippen molar-refractivity contribution in [3.05, 3.63) is 29.9 Å². The van der Waals surface area contributed by atoms with E-state index >= 15 is 0 Å². The first kappa shape index (κ1) is 19.1. The third kappa shape index (κ3) is 2.83. The normalized spacial score (nSPS) is 41.2. The number of hydrogen-bond donors (Lipinski definition) is 1. The number of nitrogens with one attached hydrogen (secondary N) is 1. The van der Waals surface area contributed by atoms with Crippen LogP contribution in [0.5, 0.6) is 0 Å². The number of aromatic nitrogens is 2. The van der Waals surface area contributed by atoms with Gasteiger partial charge < -0.3 is 10.1 Å². The highest BCUT2D eigenvalue weighted by atomic mass is 16.6. The van der Waals surface area contributed by atoms with Gasteiger partial charge in [-0.3, -0.25) is 4.98 Å². The van der Waals surface area contributed by atoms with Crippen molar-refractivity contribution in [3.8, 4) is 0 Å². The van der Waals surface area contributed by atoms with E-state index in [-0.39, 0.29) is 23.0 Å². The molecule has 0 radical (unpaired) electrons. The Kier molecular flexibility index (Phi) is 4.48. The van der Waals surface area contributed by atoms with Gasteiger partial charge in [-0.1, -0.05) is 26.8 Å². The maximum absolute atomic E-state index is 12.0. The molecule has 3 aliphatic carbocycles. The van der Waals surface area contributed by atoms with Crippen molar-refractivity contribution in [3.63, 3.8) is 0 Å². The Bertz CT molecular complexity index is 852. The van der Waals surface area contributed by atoms with Crippen molar-refractivity contribution in [2.24, 2.45) is 28.6 Å². The molecule has 0 aromatic carbocycles. The van der Waals surface area contributed by atoms with E-state index in [0.29, 0.717) is 17.8 Å². The van der Waals surface area contributed by atoms with Crippen LogP contribution in [0.15, 0.2) is 18.5 Å². The van der Waals surface area contributed by atoms with Crippen molar-refractivity contribution >= 4 is 11.7 Å². The van der Waals surface area contributed by atoms with Crippen molar-refractivity contribution in [2.75, 3.05) is 6.54 Å². The first-order valence-corrected chi connectivity index (χ1v) is 11.4. The van der Waals surface area contributed by atoms with E-state index in [9.17, 15) is 4.79 Å². The van der Waals surface area contributed by atoms with Gasteiger partial charge in [-0.05, 0) is 73.7 Å². The van der Waals surface area contributed by atoms with Crippen molar-refractivity contribution < 1.29 is 9.53 Å². The summed E-state index contributed by atoms with van der Waals surface area (Å²) in [5.74, 6) is 1.99. The fraction of sp³-hybridized carbons (Fsp3) is 0.708. The zero-order valence-corrected chi connectivity index (χ0v) is 17.9. The van der Waals surface area contributed by atoms with Crippen LogP contribution >= 0.6 is 0 Å². The van der Waals surface area contributed by atoms with Crippen LogP contribution in [0.1, 0.15) is 70.7 Å². The summed E-state index contributed by atoms with van der Waals surface area (Å²) in [5.41, 5.74) is 3.86. The van der Waals surface area contributed by atoms with Crippen LogP contribution in [-0.4, -0.2) is 28.7 Å². The van der Waals surface area contributed by atoms with Crippen LogP contribution in [0.2, 0.25) is 0 Å². The number of ether oxygens (including phenoxy) is 1. The highest BCUT2D eigenvalue weighted by molar-refractivity contribution is 5.70. The van der Waals surface area contributed by atoms with E-state index < -0.39 is 0 Å². The fourth-order valence-electron chi connectivity index (χ4n) is 7.24. The maximum Gasteiger partial charge on any atom is 0.407 e. The molecule has 5 heteroatoms. The van der Waals surface area contributed by atoms with E-state index in [0.717, 1.165) is 43.6 Å². The minimum atomic E-state index is -0.225. The number of allylic oxidation sites excluding steroid dienone is 2. The summed E-state index contributed by atoms with van der Waals surface area (Å²) >= 11 is 0. The molecule has 1 aromatic rings. The van der Waals surface area contributed by atoms with Crippen LogP contribution in [0, 0.1) is 28.6 Å². The van der Waals surface area contributed by atoms with Gasteiger partial charge in [0.05, 0.1) is 17.6 Å². The number of carbonyl (C=O) groups excluding carboxylic acids is 1. The van der Waals surface area contributed by atoms with Crippen LogP contribution in [0.4, 0.5) is 4.79 Å². The van der Waals surface area contributed by atoms with Gasteiger partial charge in [-0.25, -0.2) is 9.78 Å². The monoisotopic (exact) mass is 395 g/mol. The van der Waals surface area contributed by atoms with Crippen molar-refractivity contribution in [1.29, 1.82) is 0 Å². The predicted octanol–water partition coefficient (Wildman–Crippen LogP) is 4.77. The lowest BCUT2D eigenvalue weighted by molar-refractivity contribution is -0.113. The average molecular weight is 396 g/mol. The molecule has 156 valence electrons. The highest BCUT2D eigenvalue weighted by Gasteiger charge is 2.59. The summed E-state index contributed by atoms with van der Waals surface area (Å²) in [4.78, 5) is 21.4. The number of rotatable bonds is 2. The quantitative estimate of drug-likeness (QED) is 0.783. The molecule has 1 amide bonds. The zero-order chi connectivity index (χ0) is 20.2. The van der Waals surface area contributed by atoms with E-state index in [1.807, 2.05) is 12.4 Å². The Hall–Kier alpha value is -1.91. The van der Waals surface area contributed by atoms with Crippen LogP contribution < -0.4 is 5.32 Å². The fourth-order valence-corrected chi connectivity index (χ4v) is 7.24. The first-order valence-electron chi connectivity index (χ1n) is 11.4. The Morgan fingerprint density at radius 3 is 2.86 bits per heavy atom. The molecule has 1 N–H and O–H groups in total. The number of amides is 1. The molecule has 3 fully saturated rings. The standard InChI is InChI=1S/C24H33N3O2/c1-4-15-13-25-14-20(27-15)19-7-6-17-16-5-8-21-24(3,11-12-26-22(28)29-21)18(16)9-10-23(17,19)2/h7,13-14,16-18,21H,4-6,8-12H2,1-3H3,(H,26,28)/t16-,17-,18-,21?,23-,24+/m0/s1. The molecule has 1 saturated heterocycles. The van der Waals surface area contributed by atoms with E-state index in [4.69, 9.17) is 9.72 Å². The summed E-state index contributed by atoms with van der Waals surface area (Å²) in [6.07, 6.45) is 13.8. The van der Waals surface area contributed by atoms with Gasteiger partial charge in [0.15, 0.2) is 0 Å². The molecule has 6 atom stereocenters. The molecule has 5 nitrogen and oxygen atoms in total. The minimum Gasteiger partial charge on any atom is -0.446 e. The summed E-state index contributed by atoms with van der Waals surface area (Å²) < 4.78 is 5.84. The van der Waals surface area contributed by atoms with Gasteiger partial charge in [0.1, 0.15) is 6.10 Å². The average Bonchev–Trinajstić information content (AvgIpc) is 2.99. The Labute approximate surface area is 173 Å². The first-order chi connectivity index (χ1) is 14.0. The molecule has 1 unspecified atom stereocenters. The Balaban J connectivity index is 1.44. The molecule has 4 aliphatic rings. The summed E-state index contributed by atoms with van der Waals surface area (Å²) in [6, 6.07) is 0. The van der Waals surface area contributed by atoms with Crippen LogP contribution in [-0.2, 0) is 11.2 Å². The summed E-state index contributed by atoms with van der Waals surface area (Å²) in [6.45, 7) is 7.73. The number of aryl methyl sites for hydroxylation is 1.